The van der Waals surface area contributed by atoms with E-state index in [0.29, 0.717) is 67.4 Å². The van der Waals surface area contributed by atoms with Crippen molar-refractivity contribution >= 4 is 22.8 Å². The largest absolute Gasteiger partial charge is 0.457 e. The maximum absolute atomic E-state index is 15.6. The van der Waals surface area contributed by atoms with Gasteiger partial charge in [0.15, 0.2) is 5.65 Å². The normalized spacial score (nSPS) is 18.0. The summed E-state index contributed by atoms with van der Waals surface area (Å²) in [6.07, 6.45) is 4.55. The lowest BCUT2D eigenvalue weighted by molar-refractivity contribution is -0.128. The van der Waals surface area contributed by atoms with Crippen LogP contribution >= 0.6 is 0 Å². The van der Waals surface area contributed by atoms with E-state index in [-0.39, 0.29) is 34.3 Å². The van der Waals surface area contributed by atoms with Gasteiger partial charge in [-0.15, -0.1) is 0 Å². The SMILES string of the molecule is CC(C)(/C=C(\C#N)C(=O)N1CCC[C@@H](n2nc(-c3ccc(Oc4ccccc4)cc3F)c3c(N)ncnc32)C1)CN1CCOCC1. The summed E-state index contributed by atoms with van der Waals surface area (Å²) in [7, 11) is 0. The average Bonchev–Trinajstić information content (AvgIpc) is 3.45. The molecule has 46 heavy (non-hydrogen) atoms. The van der Waals surface area contributed by atoms with Gasteiger partial charge in [-0.2, -0.15) is 10.4 Å². The van der Waals surface area contributed by atoms with Gasteiger partial charge >= 0.3 is 0 Å². The maximum atomic E-state index is 15.6. The maximum Gasteiger partial charge on any atom is 0.264 e. The van der Waals surface area contributed by atoms with Crippen LogP contribution in [0.5, 0.6) is 11.5 Å². The van der Waals surface area contributed by atoms with E-state index in [1.165, 1.54) is 12.4 Å². The molecule has 238 valence electrons. The molecule has 2 aliphatic rings. The number of carbonyl (C=O) groups excluding carboxylic acids is 1. The van der Waals surface area contributed by atoms with Crippen LogP contribution in [0.15, 0.2) is 66.5 Å². The van der Waals surface area contributed by atoms with E-state index in [0.717, 1.165) is 19.6 Å². The number of nitrogen functional groups attached to an aromatic ring is 1. The van der Waals surface area contributed by atoms with Crippen molar-refractivity contribution in [3.8, 4) is 28.8 Å². The molecule has 2 saturated heterocycles. The number of nitrogens with zero attached hydrogens (tertiary/aromatic N) is 7. The molecular formula is C34H37FN8O3. The van der Waals surface area contributed by atoms with E-state index in [1.807, 2.05) is 32.0 Å². The first-order valence-electron chi connectivity index (χ1n) is 15.5. The molecule has 2 aromatic carbocycles. The summed E-state index contributed by atoms with van der Waals surface area (Å²) < 4.78 is 28.6. The van der Waals surface area contributed by atoms with Gasteiger partial charge in [0.05, 0.1) is 24.6 Å². The Labute approximate surface area is 267 Å². The van der Waals surface area contributed by atoms with Crippen LogP contribution < -0.4 is 10.5 Å². The van der Waals surface area contributed by atoms with Crippen molar-refractivity contribution < 1.29 is 18.7 Å². The highest BCUT2D eigenvalue weighted by Crippen LogP contribution is 2.36. The first-order chi connectivity index (χ1) is 22.2. The van der Waals surface area contributed by atoms with Gasteiger partial charge in [-0.05, 0) is 42.5 Å². The fraction of sp³-hybridized carbons (Fsp3) is 0.382. The molecule has 4 heterocycles. The number of likely N-dealkylation sites (tertiary alicyclic amines) is 1. The Morgan fingerprint density at radius 1 is 1.15 bits per heavy atom. The van der Waals surface area contributed by atoms with Gasteiger partial charge in [0, 0.05) is 44.4 Å². The number of halogens is 1. The molecule has 1 amide bonds. The number of piperidine rings is 1. The minimum Gasteiger partial charge on any atom is -0.457 e. The van der Waals surface area contributed by atoms with E-state index in [2.05, 4.69) is 20.9 Å². The van der Waals surface area contributed by atoms with Crippen LogP contribution in [0.4, 0.5) is 10.2 Å². The number of carbonyl (C=O) groups is 1. The predicted molar refractivity (Wildman–Crippen MR) is 171 cm³/mol. The highest BCUT2D eigenvalue weighted by atomic mass is 19.1. The number of nitrogens with two attached hydrogens (primary N) is 1. The van der Waals surface area contributed by atoms with Crippen LogP contribution in [-0.2, 0) is 9.53 Å². The second-order valence-electron chi connectivity index (χ2n) is 12.4. The molecule has 0 saturated carbocycles. The summed E-state index contributed by atoms with van der Waals surface area (Å²) in [4.78, 5) is 26.3. The second kappa shape index (κ2) is 13.2. The lowest BCUT2D eigenvalue weighted by Gasteiger charge is -2.34. The number of anilines is 1. The summed E-state index contributed by atoms with van der Waals surface area (Å²) in [5.41, 5.74) is 7.03. The summed E-state index contributed by atoms with van der Waals surface area (Å²) in [6.45, 7) is 8.62. The van der Waals surface area contributed by atoms with Gasteiger partial charge in [-0.3, -0.25) is 9.69 Å². The zero-order valence-electron chi connectivity index (χ0n) is 26.0. The van der Waals surface area contributed by atoms with Crippen molar-refractivity contribution in [1.82, 2.24) is 29.5 Å². The number of fused-ring (bicyclic) bond motifs is 1. The number of ether oxygens (including phenoxy) is 2. The number of hydrogen-bond donors (Lipinski definition) is 1. The van der Waals surface area contributed by atoms with E-state index in [4.69, 9.17) is 20.3 Å². The Hall–Kier alpha value is -4.86. The van der Waals surface area contributed by atoms with Crippen LogP contribution in [0.2, 0.25) is 0 Å². The van der Waals surface area contributed by atoms with Crippen LogP contribution in [0.3, 0.4) is 0 Å². The Morgan fingerprint density at radius 3 is 2.67 bits per heavy atom. The number of rotatable bonds is 8. The third-order valence-electron chi connectivity index (χ3n) is 8.34. The molecule has 2 aliphatic heterocycles. The summed E-state index contributed by atoms with van der Waals surface area (Å²) in [5, 5.41) is 15.3. The third-order valence-corrected chi connectivity index (χ3v) is 8.34. The smallest absolute Gasteiger partial charge is 0.264 e. The van der Waals surface area contributed by atoms with Crippen molar-refractivity contribution in [1.29, 1.82) is 5.26 Å². The third kappa shape index (κ3) is 6.71. The molecular weight excluding hydrogens is 587 g/mol. The van der Waals surface area contributed by atoms with Crippen molar-refractivity contribution in [2.75, 3.05) is 51.7 Å². The number of morpholine rings is 1. The number of para-hydroxylation sites is 1. The topological polar surface area (TPSA) is 135 Å². The van der Waals surface area contributed by atoms with E-state index >= 15 is 4.39 Å². The van der Waals surface area contributed by atoms with Crippen molar-refractivity contribution in [2.24, 2.45) is 5.41 Å². The van der Waals surface area contributed by atoms with Crippen LogP contribution in [0.1, 0.15) is 32.7 Å². The Bertz CT molecular complexity index is 1790. The van der Waals surface area contributed by atoms with Crippen molar-refractivity contribution in [3.63, 3.8) is 0 Å². The summed E-state index contributed by atoms with van der Waals surface area (Å²) >= 11 is 0. The summed E-state index contributed by atoms with van der Waals surface area (Å²) in [5.74, 6) is 0.265. The van der Waals surface area contributed by atoms with Gasteiger partial charge in [0.25, 0.3) is 5.91 Å². The Kier molecular flexibility index (Phi) is 8.96. The number of amides is 1. The minimum atomic E-state index is -0.535. The fourth-order valence-electron chi connectivity index (χ4n) is 6.24. The molecule has 0 aliphatic carbocycles. The Morgan fingerprint density at radius 2 is 1.93 bits per heavy atom. The monoisotopic (exact) mass is 624 g/mol. The van der Waals surface area contributed by atoms with Crippen LogP contribution in [-0.4, -0.2) is 81.4 Å². The van der Waals surface area contributed by atoms with E-state index in [9.17, 15) is 10.1 Å². The number of benzene rings is 2. The minimum absolute atomic E-state index is 0.122. The van der Waals surface area contributed by atoms with Crippen LogP contribution in [0.25, 0.3) is 22.3 Å². The first kappa shape index (κ1) is 31.1. The fourth-order valence-corrected chi connectivity index (χ4v) is 6.24. The molecule has 0 spiro atoms. The molecule has 2 fully saturated rings. The molecule has 0 unspecified atom stereocenters. The molecule has 0 radical (unpaired) electrons. The quantitative estimate of drug-likeness (QED) is 0.213. The lowest BCUT2D eigenvalue weighted by atomic mass is 9.89. The van der Waals surface area contributed by atoms with Gasteiger partial charge < -0.3 is 20.1 Å². The molecule has 6 rings (SSSR count). The molecule has 11 nitrogen and oxygen atoms in total. The van der Waals surface area contributed by atoms with E-state index in [1.54, 1.807) is 39.9 Å². The number of hydrogen-bond acceptors (Lipinski definition) is 9. The zero-order valence-corrected chi connectivity index (χ0v) is 26.0. The van der Waals surface area contributed by atoms with E-state index < -0.39 is 5.82 Å². The first-order valence-corrected chi connectivity index (χ1v) is 15.5. The van der Waals surface area contributed by atoms with Gasteiger partial charge in [-0.25, -0.2) is 19.0 Å². The van der Waals surface area contributed by atoms with Gasteiger partial charge in [-0.1, -0.05) is 38.1 Å². The zero-order chi connectivity index (χ0) is 32.3. The highest BCUT2D eigenvalue weighted by molar-refractivity contribution is 5.99. The van der Waals surface area contributed by atoms with Crippen LogP contribution in [0, 0.1) is 22.6 Å². The van der Waals surface area contributed by atoms with Gasteiger partial charge in [0.2, 0.25) is 0 Å². The molecule has 2 N–H and O–H groups in total. The molecule has 2 aromatic heterocycles. The van der Waals surface area contributed by atoms with Crippen molar-refractivity contribution in [2.45, 2.75) is 32.7 Å². The summed E-state index contributed by atoms with van der Waals surface area (Å²) in [6, 6.07) is 15.6. The number of aromatic nitrogens is 4. The van der Waals surface area contributed by atoms with Gasteiger partial charge in [0.1, 0.15) is 46.8 Å². The second-order valence-corrected chi connectivity index (χ2v) is 12.4. The molecule has 0 bridgehead atoms. The molecule has 4 aromatic rings. The molecule has 1 atom stereocenters. The Balaban J connectivity index is 1.26. The van der Waals surface area contributed by atoms with Crippen molar-refractivity contribution in [3.05, 3.63) is 72.3 Å². The average molecular weight is 625 g/mol. The highest BCUT2D eigenvalue weighted by Gasteiger charge is 2.32. The number of nitriles is 1. The lowest BCUT2D eigenvalue weighted by Crippen LogP contribution is -2.43. The standard InChI is InChI=1S/C34H37FN8O3/c1-34(2,21-41-13-15-45-16-14-41)18-23(19-36)33(44)42-12-6-7-24(20-42)43-32-29(31(37)38-22-39-32)30(40-43)27-11-10-26(17-28(27)35)46-25-8-4-3-5-9-25/h3-5,8-11,17-18,22,24H,6-7,12-16,20-21H2,1-2H3,(H2,37,38,39)/b23-18+/t24-/m1/s1. The predicted octanol–water partition coefficient (Wildman–Crippen LogP) is 4.98. The molecule has 12 heteroatoms.